The Kier molecular flexibility index (Phi) is 3.28. The number of halogens is 6. The summed E-state index contributed by atoms with van der Waals surface area (Å²) in [5.74, 6) is 0. The number of hydrogen-bond acceptors (Lipinski definition) is 1. The summed E-state index contributed by atoms with van der Waals surface area (Å²) >= 11 is 1.53. The van der Waals surface area contributed by atoms with Gasteiger partial charge < -0.3 is 0 Å². The minimum atomic E-state index is -4.69. The molecule has 0 aliphatic rings. The monoisotopic (exact) mass is 323 g/mol. The second-order valence-corrected chi connectivity index (χ2v) is 3.64. The topological polar surface area (TPSA) is 12.9 Å². The molecule has 78 valence electrons. The lowest BCUT2D eigenvalue weighted by atomic mass is 10.3. The van der Waals surface area contributed by atoms with Crippen LogP contribution in [0.4, 0.5) is 22.0 Å². The zero-order valence-electron chi connectivity index (χ0n) is 6.45. The normalized spacial score (nSPS) is 12.2. The number of nitrogens with zero attached hydrogens (tertiary/aromatic N) is 1. The van der Waals surface area contributed by atoms with E-state index < -0.39 is 24.0 Å². The van der Waals surface area contributed by atoms with Gasteiger partial charge in [-0.2, -0.15) is 13.2 Å². The Balaban J connectivity index is 3.21. The van der Waals surface area contributed by atoms with Crippen molar-refractivity contribution in [2.75, 3.05) is 0 Å². The van der Waals surface area contributed by atoms with Crippen LogP contribution in [0.15, 0.2) is 12.1 Å². The summed E-state index contributed by atoms with van der Waals surface area (Å²) in [5, 5.41) is 0. The highest BCUT2D eigenvalue weighted by Crippen LogP contribution is 2.30. The van der Waals surface area contributed by atoms with Crippen LogP contribution in [0.2, 0.25) is 0 Å². The summed E-state index contributed by atoms with van der Waals surface area (Å²) in [7, 11) is 0. The van der Waals surface area contributed by atoms with Crippen LogP contribution < -0.4 is 0 Å². The van der Waals surface area contributed by atoms with Gasteiger partial charge in [0, 0.05) is 3.57 Å². The molecule has 0 aliphatic carbocycles. The molecular formula is C7H3F5IN. The Morgan fingerprint density at radius 1 is 1.21 bits per heavy atom. The molecule has 0 saturated heterocycles. The van der Waals surface area contributed by atoms with Crippen molar-refractivity contribution in [2.45, 2.75) is 12.6 Å². The van der Waals surface area contributed by atoms with E-state index in [4.69, 9.17) is 0 Å². The van der Waals surface area contributed by atoms with E-state index in [1.165, 1.54) is 22.6 Å². The molecule has 0 saturated carbocycles. The molecule has 1 nitrogen and oxygen atoms in total. The minimum Gasteiger partial charge on any atom is -0.242 e. The summed E-state index contributed by atoms with van der Waals surface area (Å²) in [5.41, 5.74) is -2.15. The Hall–Kier alpha value is -0.470. The molecule has 0 spiro atoms. The van der Waals surface area contributed by atoms with Gasteiger partial charge in [-0.1, -0.05) is 0 Å². The molecule has 0 bridgehead atoms. The third-order valence-corrected chi connectivity index (χ3v) is 1.95. The molecule has 0 amide bonds. The van der Waals surface area contributed by atoms with Gasteiger partial charge in [0.15, 0.2) is 0 Å². The van der Waals surface area contributed by atoms with Crippen molar-refractivity contribution in [2.24, 2.45) is 0 Å². The minimum absolute atomic E-state index is 0.0835. The van der Waals surface area contributed by atoms with Crippen molar-refractivity contribution in [3.05, 3.63) is 27.1 Å². The average molecular weight is 323 g/mol. The standard InChI is InChI=1S/C7H3F5IN/c8-6(9)4-1-3(13)2-5(14-4)7(10,11)12/h1-2,6H. The van der Waals surface area contributed by atoms with Gasteiger partial charge in [-0.05, 0) is 34.7 Å². The molecule has 0 radical (unpaired) electrons. The van der Waals surface area contributed by atoms with Gasteiger partial charge in [0.2, 0.25) is 0 Å². The van der Waals surface area contributed by atoms with Crippen LogP contribution in [0.5, 0.6) is 0 Å². The first-order valence-corrected chi connectivity index (χ1v) is 4.41. The maximum atomic E-state index is 12.1. The van der Waals surface area contributed by atoms with Crippen LogP contribution >= 0.6 is 22.6 Å². The fraction of sp³-hybridized carbons (Fsp3) is 0.286. The summed E-state index contributed by atoms with van der Waals surface area (Å²) < 4.78 is 60.5. The van der Waals surface area contributed by atoms with Crippen molar-refractivity contribution in [1.29, 1.82) is 0 Å². The van der Waals surface area contributed by atoms with Crippen molar-refractivity contribution >= 4 is 22.6 Å². The van der Waals surface area contributed by atoms with Gasteiger partial charge in [-0.3, -0.25) is 0 Å². The quantitative estimate of drug-likeness (QED) is 0.568. The lowest BCUT2D eigenvalue weighted by Crippen LogP contribution is -2.10. The SMILES string of the molecule is FC(F)c1cc(I)cc(C(F)(F)F)n1. The highest BCUT2D eigenvalue weighted by Gasteiger charge is 2.33. The number of pyridine rings is 1. The average Bonchev–Trinajstić information content (AvgIpc) is 2.01. The van der Waals surface area contributed by atoms with Crippen LogP contribution in [-0.4, -0.2) is 4.98 Å². The van der Waals surface area contributed by atoms with Gasteiger partial charge in [0.1, 0.15) is 11.4 Å². The van der Waals surface area contributed by atoms with Crippen molar-refractivity contribution in [3.63, 3.8) is 0 Å². The number of rotatable bonds is 1. The van der Waals surface area contributed by atoms with Crippen LogP contribution in [0, 0.1) is 3.57 Å². The maximum absolute atomic E-state index is 12.1. The van der Waals surface area contributed by atoms with Crippen LogP contribution in [0.25, 0.3) is 0 Å². The van der Waals surface area contributed by atoms with E-state index in [-0.39, 0.29) is 3.57 Å². The summed E-state index contributed by atoms with van der Waals surface area (Å²) in [4.78, 5) is 2.82. The largest absolute Gasteiger partial charge is 0.433 e. The number of alkyl halides is 5. The lowest BCUT2D eigenvalue weighted by Gasteiger charge is -2.08. The molecule has 14 heavy (non-hydrogen) atoms. The van der Waals surface area contributed by atoms with E-state index in [0.29, 0.717) is 6.07 Å². The number of aromatic nitrogens is 1. The Morgan fingerprint density at radius 3 is 2.21 bits per heavy atom. The molecular weight excluding hydrogens is 320 g/mol. The molecule has 7 heteroatoms. The molecule has 1 heterocycles. The second kappa shape index (κ2) is 3.95. The third kappa shape index (κ3) is 2.76. The molecule has 1 aromatic heterocycles. The van der Waals surface area contributed by atoms with Gasteiger partial charge >= 0.3 is 6.18 Å². The number of hydrogen-bond donors (Lipinski definition) is 0. The Morgan fingerprint density at radius 2 is 1.79 bits per heavy atom. The molecule has 1 aromatic rings. The predicted molar refractivity (Wildman–Crippen MR) is 46.9 cm³/mol. The first-order valence-electron chi connectivity index (χ1n) is 3.33. The van der Waals surface area contributed by atoms with Gasteiger partial charge in [0.05, 0.1) is 0 Å². The van der Waals surface area contributed by atoms with Crippen molar-refractivity contribution in [3.8, 4) is 0 Å². The zero-order chi connectivity index (χ0) is 10.9. The third-order valence-electron chi connectivity index (χ3n) is 1.32. The highest BCUT2D eigenvalue weighted by molar-refractivity contribution is 14.1. The molecule has 0 aliphatic heterocycles. The van der Waals surface area contributed by atoms with Gasteiger partial charge in [-0.25, -0.2) is 13.8 Å². The van der Waals surface area contributed by atoms with E-state index in [9.17, 15) is 22.0 Å². The zero-order valence-corrected chi connectivity index (χ0v) is 8.60. The van der Waals surface area contributed by atoms with Crippen LogP contribution in [-0.2, 0) is 6.18 Å². The molecule has 0 fully saturated rings. The van der Waals surface area contributed by atoms with Crippen molar-refractivity contribution in [1.82, 2.24) is 4.98 Å². The van der Waals surface area contributed by atoms with Gasteiger partial charge in [0.25, 0.3) is 6.43 Å². The first-order chi connectivity index (χ1) is 6.30. The molecule has 0 atom stereocenters. The van der Waals surface area contributed by atoms with E-state index in [1.54, 1.807) is 0 Å². The van der Waals surface area contributed by atoms with Crippen LogP contribution in [0.1, 0.15) is 17.8 Å². The summed E-state index contributed by atoms with van der Waals surface area (Å²) in [6.45, 7) is 0. The predicted octanol–water partition coefficient (Wildman–Crippen LogP) is 3.64. The second-order valence-electron chi connectivity index (χ2n) is 2.39. The summed E-state index contributed by atoms with van der Waals surface area (Å²) in [6.07, 6.45) is -7.68. The summed E-state index contributed by atoms with van der Waals surface area (Å²) in [6, 6.07) is 1.63. The van der Waals surface area contributed by atoms with E-state index in [2.05, 4.69) is 4.98 Å². The van der Waals surface area contributed by atoms with Crippen LogP contribution in [0.3, 0.4) is 0 Å². The van der Waals surface area contributed by atoms with Gasteiger partial charge in [-0.15, -0.1) is 0 Å². The molecule has 0 aromatic carbocycles. The fourth-order valence-electron chi connectivity index (χ4n) is 0.774. The lowest BCUT2D eigenvalue weighted by molar-refractivity contribution is -0.141. The molecule has 0 N–H and O–H groups in total. The molecule has 0 unspecified atom stereocenters. The molecule has 1 rings (SSSR count). The smallest absolute Gasteiger partial charge is 0.242 e. The first kappa shape index (κ1) is 11.6. The van der Waals surface area contributed by atoms with E-state index >= 15 is 0 Å². The van der Waals surface area contributed by atoms with E-state index in [1.807, 2.05) is 0 Å². The highest BCUT2D eigenvalue weighted by atomic mass is 127. The maximum Gasteiger partial charge on any atom is 0.433 e. The van der Waals surface area contributed by atoms with E-state index in [0.717, 1.165) is 6.07 Å². The Labute approximate surface area is 89.5 Å². The Bertz CT molecular complexity index is 335. The van der Waals surface area contributed by atoms with Crippen molar-refractivity contribution < 1.29 is 22.0 Å². The fourth-order valence-corrected chi connectivity index (χ4v) is 1.39.